The van der Waals surface area contributed by atoms with Crippen molar-refractivity contribution in [3.63, 3.8) is 0 Å². The summed E-state index contributed by atoms with van der Waals surface area (Å²) >= 11 is 0. The lowest BCUT2D eigenvalue weighted by Crippen LogP contribution is -2.35. The third-order valence-corrected chi connectivity index (χ3v) is 3.70. The average Bonchev–Trinajstić information content (AvgIpc) is 2.71. The van der Waals surface area contributed by atoms with Crippen LogP contribution in [0.25, 0.3) is 0 Å². The molecule has 18 heavy (non-hydrogen) atoms. The molecule has 2 rings (SSSR count). The summed E-state index contributed by atoms with van der Waals surface area (Å²) in [7, 11) is 0. The fourth-order valence-electron chi connectivity index (χ4n) is 2.61. The second-order valence-electron chi connectivity index (χ2n) is 4.72. The van der Waals surface area contributed by atoms with Crippen LogP contribution in [0.5, 0.6) is 0 Å². The fourth-order valence-corrected chi connectivity index (χ4v) is 2.61. The highest BCUT2D eigenvalue weighted by Crippen LogP contribution is 2.45. The topological polar surface area (TPSA) is 35.2 Å². The largest absolute Gasteiger partial charge is 0.416 e. The van der Waals surface area contributed by atoms with Crippen LogP contribution in [0.4, 0.5) is 13.2 Å². The van der Waals surface area contributed by atoms with Crippen LogP contribution < -0.4 is 5.73 Å². The average molecular weight is 259 g/mol. The van der Waals surface area contributed by atoms with E-state index < -0.39 is 17.3 Å². The van der Waals surface area contributed by atoms with Gasteiger partial charge in [-0.1, -0.05) is 18.2 Å². The van der Waals surface area contributed by atoms with Crippen molar-refractivity contribution in [1.82, 2.24) is 0 Å². The van der Waals surface area contributed by atoms with Gasteiger partial charge in [-0.15, -0.1) is 0 Å². The molecule has 2 atom stereocenters. The maximum absolute atomic E-state index is 13.0. The molecule has 0 aromatic heterocycles. The fraction of sp³-hybridized carbons (Fsp3) is 0.538. The Bertz CT molecular complexity index is 432. The highest BCUT2D eigenvalue weighted by atomic mass is 19.4. The minimum atomic E-state index is -4.37. The molecule has 2 unspecified atom stereocenters. The Morgan fingerprint density at radius 1 is 1.39 bits per heavy atom. The van der Waals surface area contributed by atoms with E-state index in [-0.39, 0.29) is 11.5 Å². The maximum Gasteiger partial charge on any atom is 0.416 e. The van der Waals surface area contributed by atoms with Crippen LogP contribution in [0.1, 0.15) is 24.5 Å². The zero-order valence-electron chi connectivity index (χ0n) is 10.1. The summed E-state index contributed by atoms with van der Waals surface area (Å²) in [6.45, 7) is 2.47. The first-order chi connectivity index (χ1) is 8.39. The number of rotatable bonds is 2. The second kappa shape index (κ2) is 4.55. The van der Waals surface area contributed by atoms with Crippen LogP contribution >= 0.6 is 0 Å². The van der Waals surface area contributed by atoms with Gasteiger partial charge in [0.1, 0.15) is 0 Å². The molecular formula is C13H16F3NO. The normalized spacial score (nSPS) is 28.6. The number of ether oxygens (including phenoxy) is 1. The molecule has 0 amide bonds. The van der Waals surface area contributed by atoms with Gasteiger partial charge in [-0.3, -0.25) is 0 Å². The van der Waals surface area contributed by atoms with Gasteiger partial charge in [0.15, 0.2) is 0 Å². The smallest absolute Gasteiger partial charge is 0.370 e. The molecule has 0 spiro atoms. The monoisotopic (exact) mass is 259 g/mol. The van der Waals surface area contributed by atoms with Gasteiger partial charge in [0.05, 0.1) is 11.2 Å². The molecule has 0 bridgehead atoms. The van der Waals surface area contributed by atoms with Gasteiger partial charge in [0.25, 0.3) is 0 Å². The number of benzene rings is 1. The van der Waals surface area contributed by atoms with E-state index in [0.29, 0.717) is 19.6 Å². The van der Waals surface area contributed by atoms with Crippen molar-refractivity contribution in [2.24, 2.45) is 11.7 Å². The van der Waals surface area contributed by atoms with Crippen molar-refractivity contribution in [2.45, 2.75) is 25.1 Å². The summed E-state index contributed by atoms with van der Waals surface area (Å²) in [6, 6.07) is 5.57. The van der Waals surface area contributed by atoms with Gasteiger partial charge in [-0.2, -0.15) is 13.2 Å². The lowest BCUT2D eigenvalue weighted by atomic mass is 9.80. The van der Waals surface area contributed by atoms with E-state index in [1.807, 2.05) is 0 Å². The Morgan fingerprint density at radius 3 is 2.67 bits per heavy atom. The lowest BCUT2D eigenvalue weighted by Gasteiger charge is -2.32. The van der Waals surface area contributed by atoms with E-state index >= 15 is 0 Å². The van der Waals surface area contributed by atoms with E-state index in [1.54, 1.807) is 13.0 Å². The number of hydrogen-bond donors (Lipinski definition) is 1. The molecule has 1 saturated heterocycles. The molecule has 2 N–H and O–H groups in total. The predicted octanol–water partition coefficient (Wildman–Crippen LogP) is 2.92. The molecule has 1 aromatic rings. The van der Waals surface area contributed by atoms with Crippen molar-refractivity contribution in [3.05, 3.63) is 35.4 Å². The number of alkyl halides is 3. The Kier molecular flexibility index (Phi) is 3.38. The summed E-state index contributed by atoms with van der Waals surface area (Å²) in [5.41, 5.74) is 4.26. The summed E-state index contributed by atoms with van der Waals surface area (Å²) in [4.78, 5) is 0. The zero-order chi connectivity index (χ0) is 13.4. The van der Waals surface area contributed by atoms with Gasteiger partial charge in [-0.05, 0) is 31.5 Å². The van der Waals surface area contributed by atoms with E-state index in [0.717, 1.165) is 6.07 Å². The minimum Gasteiger partial charge on any atom is -0.370 e. The molecule has 2 nitrogen and oxygen atoms in total. The molecule has 1 aliphatic heterocycles. The molecule has 1 fully saturated rings. The van der Waals surface area contributed by atoms with Crippen LogP contribution in [0.15, 0.2) is 24.3 Å². The summed E-state index contributed by atoms with van der Waals surface area (Å²) in [6.07, 6.45) is -3.68. The van der Waals surface area contributed by atoms with Gasteiger partial charge in [0.2, 0.25) is 0 Å². The van der Waals surface area contributed by atoms with Crippen molar-refractivity contribution < 1.29 is 17.9 Å². The second-order valence-corrected chi connectivity index (χ2v) is 4.72. The molecule has 1 heterocycles. The van der Waals surface area contributed by atoms with Crippen LogP contribution in [0.2, 0.25) is 0 Å². The molecule has 5 heteroatoms. The highest BCUT2D eigenvalue weighted by molar-refractivity contribution is 5.35. The molecular weight excluding hydrogens is 243 g/mol. The van der Waals surface area contributed by atoms with Crippen molar-refractivity contribution >= 4 is 0 Å². The van der Waals surface area contributed by atoms with Gasteiger partial charge in [-0.25, -0.2) is 0 Å². The Morgan fingerprint density at radius 2 is 2.06 bits per heavy atom. The van der Waals surface area contributed by atoms with Crippen LogP contribution in [0.3, 0.4) is 0 Å². The molecule has 0 saturated carbocycles. The zero-order valence-corrected chi connectivity index (χ0v) is 10.1. The number of hydrogen-bond acceptors (Lipinski definition) is 2. The quantitative estimate of drug-likeness (QED) is 0.886. The third kappa shape index (κ3) is 2.12. The third-order valence-electron chi connectivity index (χ3n) is 3.70. The SMILES string of the molecule is CC1(c2ccccc2C(F)(F)F)OCCC1CN. The molecule has 1 aliphatic rings. The summed E-state index contributed by atoms with van der Waals surface area (Å²) in [5, 5.41) is 0. The lowest BCUT2D eigenvalue weighted by molar-refractivity contribution is -0.141. The number of halogens is 3. The summed E-state index contributed by atoms with van der Waals surface area (Å²) < 4.78 is 44.6. The minimum absolute atomic E-state index is 0.0824. The van der Waals surface area contributed by atoms with E-state index in [9.17, 15) is 13.2 Å². The predicted molar refractivity (Wildman–Crippen MR) is 61.9 cm³/mol. The Labute approximate surface area is 104 Å². The van der Waals surface area contributed by atoms with Crippen LogP contribution in [0, 0.1) is 5.92 Å². The molecule has 0 radical (unpaired) electrons. The highest BCUT2D eigenvalue weighted by Gasteiger charge is 2.46. The van der Waals surface area contributed by atoms with Gasteiger partial charge < -0.3 is 10.5 Å². The molecule has 0 aliphatic carbocycles. The van der Waals surface area contributed by atoms with Crippen molar-refractivity contribution in [1.29, 1.82) is 0 Å². The van der Waals surface area contributed by atoms with Crippen molar-refractivity contribution in [3.8, 4) is 0 Å². The van der Waals surface area contributed by atoms with E-state index in [4.69, 9.17) is 10.5 Å². The first-order valence-corrected chi connectivity index (χ1v) is 5.90. The number of nitrogens with two attached hydrogens (primary N) is 1. The standard InChI is InChI=1S/C13H16F3NO/c1-12(9(8-17)6-7-18-12)10-4-2-3-5-11(10)13(14,15)16/h2-5,9H,6-8,17H2,1H3. The van der Waals surface area contributed by atoms with Gasteiger partial charge >= 0.3 is 6.18 Å². The molecule has 100 valence electrons. The van der Waals surface area contributed by atoms with Gasteiger partial charge in [0, 0.05) is 12.5 Å². The first-order valence-electron chi connectivity index (χ1n) is 5.90. The Balaban J connectivity index is 2.51. The van der Waals surface area contributed by atoms with Crippen molar-refractivity contribution in [2.75, 3.05) is 13.2 Å². The maximum atomic E-state index is 13.0. The van der Waals surface area contributed by atoms with Crippen LogP contribution in [-0.2, 0) is 16.5 Å². The Hall–Kier alpha value is -1.07. The summed E-state index contributed by atoms with van der Waals surface area (Å²) in [5.74, 6) is -0.0824. The van der Waals surface area contributed by atoms with E-state index in [2.05, 4.69) is 0 Å². The van der Waals surface area contributed by atoms with Crippen LogP contribution in [-0.4, -0.2) is 13.2 Å². The first kappa shape index (κ1) is 13.4. The van der Waals surface area contributed by atoms with E-state index in [1.165, 1.54) is 12.1 Å². The molecule has 1 aromatic carbocycles.